The molecule has 164 valence electrons. The monoisotopic (exact) mass is 535 g/mol. The predicted molar refractivity (Wildman–Crippen MR) is 132 cm³/mol. The lowest BCUT2D eigenvalue weighted by Crippen LogP contribution is -2.48. The van der Waals surface area contributed by atoms with E-state index in [-0.39, 0.29) is 29.8 Å². The van der Waals surface area contributed by atoms with Crippen LogP contribution in [0.4, 0.5) is 10.1 Å². The zero-order valence-corrected chi connectivity index (χ0v) is 19.7. The molecular formula is C22H27FIN7. The van der Waals surface area contributed by atoms with Crippen LogP contribution in [-0.4, -0.2) is 47.3 Å². The number of hydrogen-bond donors (Lipinski definition) is 3. The van der Waals surface area contributed by atoms with Gasteiger partial charge in [-0.15, -0.1) is 24.0 Å². The lowest BCUT2D eigenvalue weighted by Gasteiger charge is -2.34. The summed E-state index contributed by atoms with van der Waals surface area (Å²) in [4.78, 5) is 10.8. The molecule has 31 heavy (non-hydrogen) atoms. The number of nitrogens with one attached hydrogen (secondary N) is 3. The molecule has 0 atom stereocenters. The number of aliphatic imine (C=N–C) groups is 1. The third-order valence-corrected chi connectivity index (χ3v) is 5.31. The van der Waals surface area contributed by atoms with E-state index in [0.717, 1.165) is 54.5 Å². The van der Waals surface area contributed by atoms with E-state index in [9.17, 15) is 4.39 Å². The Morgan fingerprint density at radius 1 is 1.19 bits per heavy atom. The van der Waals surface area contributed by atoms with Gasteiger partial charge in [0.1, 0.15) is 12.1 Å². The number of benzene rings is 2. The van der Waals surface area contributed by atoms with Crippen molar-refractivity contribution < 1.29 is 4.39 Å². The Hall–Kier alpha value is -2.69. The smallest absolute Gasteiger partial charge is 0.191 e. The zero-order chi connectivity index (χ0) is 20.8. The second-order valence-electron chi connectivity index (χ2n) is 7.35. The van der Waals surface area contributed by atoms with Gasteiger partial charge in [0, 0.05) is 44.0 Å². The first-order valence-electron chi connectivity index (χ1n) is 10.1. The van der Waals surface area contributed by atoms with Crippen molar-refractivity contribution in [3.8, 4) is 11.4 Å². The molecule has 0 bridgehead atoms. The number of aromatic amines is 1. The van der Waals surface area contributed by atoms with Crippen molar-refractivity contribution in [2.45, 2.75) is 25.4 Å². The predicted octanol–water partition coefficient (Wildman–Crippen LogP) is 3.56. The molecule has 0 unspecified atom stereocenters. The summed E-state index contributed by atoms with van der Waals surface area (Å²) < 4.78 is 13.5. The van der Waals surface area contributed by atoms with Crippen molar-refractivity contribution in [2.75, 3.05) is 25.0 Å². The summed E-state index contributed by atoms with van der Waals surface area (Å²) in [5.74, 6) is 1.35. The summed E-state index contributed by atoms with van der Waals surface area (Å²) in [5, 5.41) is 13.7. The highest BCUT2D eigenvalue weighted by Crippen LogP contribution is 2.21. The van der Waals surface area contributed by atoms with Crippen LogP contribution in [-0.2, 0) is 6.54 Å². The van der Waals surface area contributed by atoms with E-state index in [4.69, 9.17) is 0 Å². The van der Waals surface area contributed by atoms with Crippen LogP contribution in [0, 0.1) is 5.82 Å². The molecule has 0 amide bonds. The minimum atomic E-state index is -0.190. The number of halogens is 2. The Balaban J connectivity index is 0.00000272. The molecule has 1 aliphatic rings. The third-order valence-electron chi connectivity index (χ3n) is 5.31. The van der Waals surface area contributed by atoms with Gasteiger partial charge in [0.2, 0.25) is 0 Å². The van der Waals surface area contributed by atoms with E-state index in [0.29, 0.717) is 12.6 Å². The van der Waals surface area contributed by atoms with Crippen molar-refractivity contribution in [3.63, 3.8) is 0 Å². The maximum Gasteiger partial charge on any atom is 0.191 e. The van der Waals surface area contributed by atoms with Crippen LogP contribution in [0.15, 0.2) is 59.9 Å². The van der Waals surface area contributed by atoms with E-state index in [1.807, 2.05) is 18.2 Å². The number of rotatable bonds is 5. The average molecular weight is 535 g/mol. The van der Waals surface area contributed by atoms with Gasteiger partial charge in [-0.1, -0.05) is 24.3 Å². The van der Waals surface area contributed by atoms with Crippen LogP contribution in [0.2, 0.25) is 0 Å². The topological polar surface area (TPSA) is 81.2 Å². The maximum absolute atomic E-state index is 13.5. The Labute approximate surface area is 198 Å². The van der Waals surface area contributed by atoms with Gasteiger partial charge in [-0.2, -0.15) is 5.10 Å². The molecule has 1 aromatic heterocycles. The molecule has 3 aromatic rings. The fourth-order valence-electron chi connectivity index (χ4n) is 3.70. The highest BCUT2D eigenvalue weighted by Gasteiger charge is 2.20. The number of piperidine rings is 1. The molecule has 3 N–H and O–H groups in total. The van der Waals surface area contributed by atoms with Crippen molar-refractivity contribution in [1.29, 1.82) is 0 Å². The Morgan fingerprint density at radius 2 is 2.00 bits per heavy atom. The Morgan fingerprint density at radius 3 is 2.71 bits per heavy atom. The van der Waals surface area contributed by atoms with Gasteiger partial charge in [-0.3, -0.25) is 10.1 Å². The van der Waals surface area contributed by atoms with Crippen LogP contribution in [0.3, 0.4) is 0 Å². The van der Waals surface area contributed by atoms with E-state index < -0.39 is 0 Å². The molecule has 0 spiro atoms. The molecule has 9 heteroatoms. The summed E-state index contributed by atoms with van der Waals surface area (Å²) in [6.07, 6.45) is 3.45. The minimum Gasteiger partial charge on any atom is -0.371 e. The first kappa shape index (κ1) is 23.0. The third kappa shape index (κ3) is 6.16. The summed E-state index contributed by atoms with van der Waals surface area (Å²) in [6, 6.07) is 15.3. The van der Waals surface area contributed by atoms with E-state index >= 15 is 0 Å². The lowest BCUT2D eigenvalue weighted by atomic mass is 10.0. The van der Waals surface area contributed by atoms with Gasteiger partial charge in [0.15, 0.2) is 11.8 Å². The van der Waals surface area contributed by atoms with E-state index in [1.165, 1.54) is 12.4 Å². The highest BCUT2D eigenvalue weighted by atomic mass is 127. The summed E-state index contributed by atoms with van der Waals surface area (Å²) >= 11 is 0. The van der Waals surface area contributed by atoms with E-state index in [1.54, 1.807) is 19.2 Å². The van der Waals surface area contributed by atoms with Gasteiger partial charge in [0.05, 0.1) is 0 Å². The molecule has 0 saturated carbocycles. The molecule has 1 fully saturated rings. The van der Waals surface area contributed by atoms with Crippen LogP contribution in [0.25, 0.3) is 11.4 Å². The van der Waals surface area contributed by atoms with Crippen molar-refractivity contribution in [2.24, 2.45) is 4.99 Å². The second kappa shape index (κ2) is 11.1. The van der Waals surface area contributed by atoms with Crippen molar-refractivity contribution >= 4 is 35.6 Å². The summed E-state index contributed by atoms with van der Waals surface area (Å²) in [6.45, 7) is 2.43. The normalized spacial score (nSPS) is 14.8. The summed E-state index contributed by atoms with van der Waals surface area (Å²) in [5.41, 5.74) is 3.08. The molecule has 0 aliphatic carbocycles. The van der Waals surface area contributed by atoms with Crippen LogP contribution in [0.5, 0.6) is 0 Å². The lowest BCUT2D eigenvalue weighted by molar-refractivity contribution is 0.461. The molecule has 2 aromatic carbocycles. The molecule has 1 saturated heterocycles. The first-order valence-corrected chi connectivity index (χ1v) is 10.1. The largest absolute Gasteiger partial charge is 0.371 e. The number of anilines is 1. The van der Waals surface area contributed by atoms with Crippen LogP contribution >= 0.6 is 24.0 Å². The van der Waals surface area contributed by atoms with Crippen molar-refractivity contribution in [1.82, 2.24) is 25.8 Å². The molecule has 4 rings (SSSR count). The number of hydrogen-bond acceptors (Lipinski definition) is 4. The maximum atomic E-state index is 13.5. The van der Waals surface area contributed by atoms with Gasteiger partial charge in [0.25, 0.3) is 0 Å². The van der Waals surface area contributed by atoms with Gasteiger partial charge in [-0.25, -0.2) is 9.37 Å². The molecule has 1 aliphatic heterocycles. The number of aromatic nitrogens is 3. The molecule has 0 radical (unpaired) electrons. The average Bonchev–Trinajstić information content (AvgIpc) is 3.32. The Bertz CT molecular complexity index is 985. The zero-order valence-electron chi connectivity index (χ0n) is 17.4. The van der Waals surface area contributed by atoms with Gasteiger partial charge < -0.3 is 15.5 Å². The molecule has 7 nitrogen and oxygen atoms in total. The Kier molecular flexibility index (Phi) is 8.21. The number of guanidine groups is 1. The van der Waals surface area contributed by atoms with Gasteiger partial charge in [-0.05, 0) is 42.7 Å². The quantitative estimate of drug-likeness (QED) is 0.265. The first-order chi connectivity index (χ1) is 14.7. The number of nitrogens with zero attached hydrogens (tertiary/aromatic N) is 4. The summed E-state index contributed by atoms with van der Waals surface area (Å²) in [7, 11) is 1.78. The minimum absolute atomic E-state index is 0. The molecular weight excluding hydrogens is 508 g/mol. The van der Waals surface area contributed by atoms with E-state index in [2.05, 4.69) is 47.8 Å². The highest BCUT2D eigenvalue weighted by molar-refractivity contribution is 14.0. The molecule has 2 heterocycles. The fourth-order valence-corrected chi connectivity index (χ4v) is 3.70. The SMILES string of the molecule is CN=C(NCc1cccc(-c2ncn[nH]2)c1)NC1CCN(c2cccc(F)c2)CC1.I. The number of H-pyrrole nitrogens is 1. The van der Waals surface area contributed by atoms with Crippen molar-refractivity contribution in [3.05, 3.63) is 66.2 Å². The van der Waals surface area contributed by atoms with Crippen LogP contribution < -0.4 is 15.5 Å². The van der Waals surface area contributed by atoms with Gasteiger partial charge >= 0.3 is 0 Å². The second-order valence-corrected chi connectivity index (χ2v) is 7.35. The standard InChI is InChI=1S/C22H26FN7.HI/c1-24-22(25-14-16-4-2-5-17(12-16)21-26-15-27-29-21)28-19-8-10-30(11-9-19)20-7-3-6-18(23)13-20;/h2-7,12-13,15,19H,8-11,14H2,1H3,(H2,24,25,28)(H,26,27,29);1H. The fraction of sp³-hybridized carbons (Fsp3) is 0.318. The van der Waals surface area contributed by atoms with Crippen LogP contribution in [0.1, 0.15) is 18.4 Å².